The van der Waals surface area contributed by atoms with Gasteiger partial charge in [-0.25, -0.2) is 9.97 Å². The zero-order valence-electron chi connectivity index (χ0n) is 9.17. The molecule has 0 aliphatic carbocycles. The summed E-state index contributed by atoms with van der Waals surface area (Å²) in [6.45, 7) is 2.53. The number of nitrogens with zero attached hydrogens (tertiary/aromatic N) is 2. The fraction of sp³-hybridized carbons (Fsp3) is 0.455. The zero-order valence-corrected chi connectivity index (χ0v) is 9.17. The van der Waals surface area contributed by atoms with Crippen LogP contribution in [-0.4, -0.2) is 23.6 Å². The monoisotopic (exact) mass is 204 g/mol. The van der Waals surface area contributed by atoms with Crippen LogP contribution >= 0.6 is 0 Å². The summed E-state index contributed by atoms with van der Waals surface area (Å²) in [7, 11) is 1.83. The van der Waals surface area contributed by atoms with Gasteiger partial charge in [0.25, 0.3) is 0 Å². The van der Waals surface area contributed by atoms with Crippen LogP contribution in [0.25, 0.3) is 0 Å². The molecule has 4 nitrogen and oxygen atoms in total. The minimum Gasteiger partial charge on any atom is -0.372 e. The first kappa shape index (κ1) is 11.5. The van der Waals surface area contributed by atoms with Gasteiger partial charge in [0.1, 0.15) is 11.6 Å². The van der Waals surface area contributed by atoms with E-state index in [4.69, 9.17) is 5.73 Å². The molecule has 3 N–H and O–H groups in total. The van der Waals surface area contributed by atoms with Crippen molar-refractivity contribution in [3.8, 4) is 11.8 Å². The maximum atomic E-state index is 5.38. The number of nitrogens with one attached hydrogen (secondary N) is 1. The topological polar surface area (TPSA) is 63.8 Å². The molecule has 4 heteroatoms. The Bertz CT molecular complexity index is 376. The number of hydrogen-bond donors (Lipinski definition) is 2. The summed E-state index contributed by atoms with van der Waals surface area (Å²) in [5.41, 5.74) is 6.21. The smallest absolute Gasteiger partial charge is 0.145 e. The molecule has 0 spiro atoms. The number of rotatable bonds is 3. The molecule has 0 aromatic carbocycles. The summed E-state index contributed by atoms with van der Waals surface area (Å²) in [6, 6.07) is 0. The molecule has 0 amide bonds. The van der Waals surface area contributed by atoms with Crippen LogP contribution in [0.1, 0.15) is 24.2 Å². The highest BCUT2D eigenvalue weighted by Gasteiger charge is 1.99. The largest absolute Gasteiger partial charge is 0.372 e. The van der Waals surface area contributed by atoms with Gasteiger partial charge in [0.05, 0.1) is 5.56 Å². The van der Waals surface area contributed by atoms with E-state index in [0.29, 0.717) is 6.54 Å². The molecule has 1 heterocycles. The lowest BCUT2D eigenvalue weighted by molar-refractivity contribution is 0.870. The molecule has 0 radical (unpaired) electrons. The first-order chi connectivity index (χ1) is 7.27. The van der Waals surface area contributed by atoms with Gasteiger partial charge in [-0.2, -0.15) is 0 Å². The van der Waals surface area contributed by atoms with E-state index >= 15 is 0 Å². The third kappa shape index (κ3) is 3.56. The molecule has 0 unspecified atom stereocenters. The van der Waals surface area contributed by atoms with Crippen molar-refractivity contribution in [2.75, 3.05) is 18.9 Å². The molecule has 0 saturated carbocycles. The minimum atomic E-state index is 0.679. The summed E-state index contributed by atoms with van der Waals surface area (Å²) in [6.07, 6.45) is 3.48. The lowest BCUT2D eigenvalue weighted by Gasteiger charge is -2.02. The Hall–Kier alpha value is -1.60. The third-order valence-electron chi connectivity index (χ3n) is 1.87. The lowest BCUT2D eigenvalue weighted by Crippen LogP contribution is -1.99. The quantitative estimate of drug-likeness (QED) is 0.567. The van der Waals surface area contributed by atoms with Gasteiger partial charge in [-0.3, -0.25) is 0 Å². The van der Waals surface area contributed by atoms with E-state index in [9.17, 15) is 0 Å². The highest BCUT2D eigenvalue weighted by Crippen LogP contribution is 2.08. The second kappa shape index (κ2) is 5.99. The second-order valence-electron chi connectivity index (χ2n) is 3.12. The minimum absolute atomic E-state index is 0.679. The van der Waals surface area contributed by atoms with Gasteiger partial charge in [-0.15, -0.1) is 0 Å². The van der Waals surface area contributed by atoms with Crippen molar-refractivity contribution in [3.63, 3.8) is 0 Å². The Morgan fingerprint density at radius 3 is 3.00 bits per heavy atom. The molecule has 0 fully saturated rings. The lowest BCUT2D eigenvalue weighted by atomic mass is 10.2. The third-order valence-corrected chi connectivity index (χ3v) is 1.87. The van der Waals surface area contributed by atoms with Crippen LogP contribution < -0.4 is 11.1 Å². The molecule has 1 rings (SSSR count). The van der Waals surface area contributed by atoms with Crippen molar-refractivity contribution in [3.05, 3.63) is 17.6 Å². The predicted octanol–water partition coefficient (Wildman–Crippen LogP) is 0.917. The van der Waals surface area contributed by atoms with Crippen LogP contribution in [0, 0.1) is 18.8 Å². The van der Waals surface area contributed by atoms with E-state index in [2.05, 4.69) is 27.1 Å². The van der Waals surface area contributed by atoms with Crippen molar-refractivity contribution in [1.82, 2.24) is 9.97 Å². The molecule has 0 bridgehead atoms. The summed E-state index contributed by atoms with van der Waals surface area (Å²) in [5.74, 6) is 7.60. The summed E-state index contributed by atoms with van der Waals surface area (Å²) in [4.78, 5) is 8.35. The maximum Gasteiger partial charge on any atom is 0.145 e. The summed E-state index contributed by atoms with van der Waals surface area (Å²) in [5, 5.41) is 3.00. The number of unbranched alkanes of at least 4 members (excludes halogenated alkanes) is 1. The molecular weight excluding hydrogens is 188 g/mol. The SMILES string of the molecule is CNc1nc(C)ncc1C#CCCCN. The molecule has 80 valence electrons. The van der Waals surface area contributed by atoms with Gasteiger partial charge >= 0.3 is 0 Å². The average molecular weight is 204 g/mol. The molecular formula is C11H16N4. The second-order valence-corrected chi connectivity index (χ2v) is 3.12. The standard InChI is InChI=1S/C11H16N4/c1-9-14-8-10(11(13-2)15-9)6-4-3-5-7-12/h8H,3,5,7,12H2,1-2H3,(H,13,14,15). The fourth-order valence-corrected chi connectivity index (χ4v) is 1.10. The molecule has 1 aromatic heterocycles. The molecule has 0 atom stereocenters. The van der Waals surface area contributed by atoms with E-state index in [1.165, 1.54) is 0 Å². The Labute approximate surface area is 90.3 Å². The molecule has 15 heavy (non-hydrogen) atoms. The van der Waals surface area contributed by atoms with Gasteiger partial charge in [-0.05, 0) is 19.9 Å². The normalized spacial score (nSPS) is 9.27. The highest BCUT2D eigenvalue weighted by molar-refractivity contribution is 5.52. The Kier molecular flexibility index (Phi) is 4.58. The average Bonchev–Trinajstić information content (AvgIpc) is 2.26. The van der Waals surface area contributed by atoms with E-state index in [0.717, 1.165) is 30.0 Å². The molecule has 1 aromatic rings. The van der Waals surface area contributed by atoms with Crippen molar-refractivity contribution >= 4 is 5.82 Å². The van der Waals surface area contributed by atoms with Crippen LogP contribution in [-0.2, 0) is 0 Å². The molecule has 0 aliphatic heterocycles. The van der Waals surface area contributed by atoms with Crippen LogP contribution in [0.4, 0.5) is 5.82 Å². The number of aromatic nitrogens is 2. The van der Waals surface area contributed by atoms with E-state index < -0.39 is 0 Å². The fourth-order valence-electron chi connectivity index (χ4n) is 1.10. The molecule has 0 aliphatic rings. The van der Waals surface area contributed by atoms with Crippen LogP contribution in [0.2, 0.25) is 0 Å². The number of nitrogens with two attached hydrogens (primary N) is 1. The van der Waals surface area contributed by atoms with Crippen molar-refractivity contribution in [2.45, 2.75) is 19.8 Å². The van der Waals surface area contributed by atoms with Crippen molar-refractivity contribution < 1.29 is 0 Å². The van der Waals surface area contributed by atoms with Gasteiger partial charge in [0, 0.05) is 19.7 Å². The Morgan fingerprint density at radius 2 is 2.33 bits per heavy atom. The van der Waals surface area contributed by atoms with E-state index in [-0.39, 0.29) is 0 Å². The first-order valence-corrected chi connectivity index (χ1v) is 4.98. The van der Waals surface area contributed by atoms with Crippen LogP contribution in [0.5, 0.6) is 0 Å². The summed E-state index contributed by atoms with van der Waals surface area (Å²) >= 11 is 0. The Morgan fingerprint density at radius 1 is 1.53 bits per heavy atom. The van der Waals surface area contributed by atoms with Crippen molar-refractivity contribution in [1.29, 1.82) is 0 Å². The zero-order chi connectivity index (χ0) is 11.1. The predicted molar refractivity (Wildman–Crippen MR) is 61.5 cm³/mol. The number of aryl methyl sites for hydroxylation is 1. The van der Waals surface area contributed by atoms with Gasteiger partial charge in [0.15, 0.2) is 0 Å². The molecule has 0 saturated heterocycles. The van der Waals surface area contributed by atoms with Gasteiger partial charge < -0.3 is 11.1 Å². The maximum absolute atomic E-state index is 5.38. The first-order valence-electron chi connectivity index (χ1n) is 4.98. The number of hydrogen-bond acceptors (Lipinski definition) is 4. The van der Waals surface area contributed by atoms with E-state index in [1.807, 2.05) is 14.0 Å². The summed E-state index contributed by atoms with van der Waals surface area (Å²) < 4.78 is 0. The van der Waals surface area contributed by atoms with E-state index in [1.54, 1.807) is 6.20 Å². The van der Waals surface area contributed by atoms with Crippen molar-refractivity contribution in [2.24, 2.45) is 5.73 Å². The van der Waals surface area contributed by atoms with Gasteiger partial charge in [0.2, 0.25) is 0 Å². The van der Waals surface area contributed by atoms with Crippen LogP contribution in [0.3, 0.4) is 0 Å². The highest BCUT2D eigenvalue weighted by atomic mass is 15.0. The van der Waals surface area contributed by atoms with Gasteiger partial charge in [-0.1, -0.05) is 11.8 Å². The Balaban J connectivity index is 2.78. The van der Waals surface area contributed by atoms with Crippen LogP contribution in [0.15, 0.2) is 6.20 Å². The number of anilines is 1.